The highest BCUT2D eigenvalue weighted by Gasteiger charge is 2.20. The summed E-state index contributed by atoms with van der Waals surface area (Å²) < 4.78 is 5.01. The molecule has 112 valence electrons. The molecule has 0 radical (unpaired) electrons. The lowest BCUT2D eigenvalue weighted by Crippen LogP contribution is -2.36. The van der Waals surface area contributed by atoms with Crippen molar-refractivity contribution in [3.05, 3.63) is 44.5 Å². The van der Waals surface area contributed by atoms with Crippen LogP contribution in [0, 0.1) is 6.92 Å². The molecular formula is C13H16N4O3S. The predicted molar refractivity (Wildman–Crippen MR) is 78.3 cm³/mol. The minimum atomic E-state index is -0.436. The zero-order chi connectivity index (χ0) is 15.2. The van der Waals surface area contributed by atoms with Crippen LogP contribution in [0.2, 0.25) is 0 Å². The SMILES string of the molecule is COCCN(Cc1nccs1)C(=O)c1cnc(C)[nH]c1=O. The molecule has 2 heterocycles. The maximum atomic E-state index is 12.5. The fourth-order valence-electron chi connectivity index (χ4n) is 1.75. The monoisotopic (exact) mass is 308 g/mol. The number of aromatic amines is 1. The average molecular weight is 308 g/mol. The van der Waals surface area contributed by atoms with Gasteiger partial charge in [-0.2, -0.15) is 0 Å². The molecule has 2 rings (SSSR count). The number of carbonyl (C=O) groups is 1. The van der Waals surface area contributed by atoms with Crippen LogP contribution in [-0.4, -0.2) is 46.0 Å². The molecule has 21 heavy (non-hydrogen) atoms. The number of aryl methyl sites for hydroxylation is 1. The van der Waals surface area contributed by atoms with Crippen LogP contribution >= 0.6 is 11.3 Å². The summed E-state index contributed by atoms with van der Waals surface area (Å²) in [6.07, 6.45) is 2.98. The summed E-state index contributed by atoms with van der Waals surface area (Å²) in [6.45, 7) is 2.76. The van der Waals surface area contributed by atoms with E-state index in [0.717, 1.165) is 5.01 Å². The van der Waals surface area contributed by atoms with Gasteiger partial charge >= 0.3 is 0 Å². The first-order chi connectivity index (χ1) is 10.1. The molecule has 0 aliphatic rings. The van der Waals surface area contributed by atoms with Gasteiger partial charge in [-0.3, -0.25) is 9.59 Å². The van der Waals surface area contributed by atoms with Crippen molar-refractivity contribution >= 4 is 17.2 Å². The number of hydrogen-bond acceptors (Lipinski definition) is 6. The molecule has 0 aromatic carbocycles. The van der Waals surface area contributed by atoms with E-state index in [-0.39, 0.29) is 11.5 Å². The molecule has 0 aliphatic heterocycles. The van der Waals surface area contributed by atoms with Gasteiger partial charge in [0.2, 0.25) is 0 Å². The first-order valence-electron chi connectivity index (χ1n) is 6.34. The van der Waals surface area contributed by atoms with Gasteiger partial charge in [0.15, 0.2) is 0 Å². The van der Waals surface area contributed by atoms with Crippen LogP contribution < -0.4 is 5.56 Å². The number of methoxy groups -OCH3 is 1. The molecule has 1 amide bonds. The van der Waals surface area contributed by atoms with Gasteiger partial charge in [-0.1, -0.05) is 0 Å². The summed E-state index contributed by atoms with van der Waals surface area (Å²) in [5.74, 6) is 0.0934. The van der Waals surface area contributed by atoms with Crippen molar-refractivity contribution in [1.29, 1.82) is 0 Å². The summed E-state index contributed by atoms with van der Waals surface area (Å²) >= 11 is 1.46. The Kier molecular flexibility index (Phi) is 5.18. The third-order valence-corrected chi connectivity index (χ3v) is 3.58. The first-order valence-corrected chi connectivity index (χ1v) is 7.22. The summed E-state index contributed by atoms with van der Waals surface area (Å²) in [5.41, 5.74) is -0.415. The van der Waals surface area contributed by atoms with Gasteiger partial charge in [0.1, 0.15) is 16.4 Å². The lowest BCUT2D eigenvalue weighted by Gasteiger charge is -2.20. The number of nitrogens with one attached hydrogen (secondary N) is 1. The van der Waals surface area contributed by atoms with Crippen molar-refractivity contribution in [3.8, 4) is 0 Å². The lowest BCUT2D eigenvalue weighted by atomic mass is 10.2. The number of hydrogen-bond donors (Lipinski definition) is 1. The Bertz CT molecular complexity index is 654. The van der Waals surface area contributed by atoms with E-state index in [1.165, 1.54) is 22.4 Å². The van der Waals surface area contributed by atoms with E-state index in [1.54, 1.807) is 20.2 Å². The number of thiazole rings is 1. The molecule has 2 aromatic rings. The molecule has 0 saturated carbocycles. The number of amides is 1. The van der Waals surface area contributed by atoms with E-state index < -0.39 is 5.56 Å². The van der Waals surface area contributed by atoms with Crippen molar-refractivity contribution < 1.29 is 9.53 Å². The van der Waals surface area contributed by atoms with Gasteiger partial charge < -0.3 is 14.6 Å². The zero-order valence-corrected chi connectivity index (χ0v) is 12.6. The fraction of sp³-hybridized carbons (Fsp3) is 0.385. The summed E-state index contributed by atoms with van der Waals surface area (Å²) in [6, 6.07) is 0. The smallest absolute Gasteiger partial charge is 0.263 e. The summed E-state index contributed by atoms with van der Waals surface area (Å²) in [7, 11) is 1.56. The van der Waals surface area contributed by atoms with E-state index in [9.17, 15) is 9.59 Å². The average Bonchev–Trinajstić information content (AvgIpc) is 2.95. The molecule has 0 unspecified atom stereocenters. The second-order valence-corrected chi connectivity index (χ2v) is 5.34. The number of ether oxygens (including phenoxy) is 1. The number of nitrogens with zero attached hydrogens (tertiary/aromatic N) is 3. The Hall–Kier alpha value is -2.06. The molecule has 0 bridgehead atoms. The molecule has 0 saturated heterocycles. The quantitative estimate of drug-likeness (QED) is 0.853. The molecule has 0 spiro atoms. The Morgan fingerprint density at radius 1 is 1.48 bits per heavy atom. The second-order valence-electron chi connectivity index (χ2n) is 4.36. The van der Waals surface area contributed by atoms with Crippen molar-refractivity contribution in [2.45, 2.75) is 13.5 Å². The van der Waals surface area contributed by atoms with Crippen molar-refractivity contribution in [2.75, 3.05) is 20.3 Å². The molecule has 0 aliphatic carbocycles. The summed E-state index contributed by atoms with van der Waals surface area (Å²) in [4.78, 5) is 36.6. The van der Waals surface area contributed by atoms with E-state index in [0.29, 0.717) is 25.5 Å². The highest BCUT2D eigenvalue weighted by atomic mass is 32.1. The van der Waals surface area contributed by atoms with E-state index in [1.807, 2.05) is 5.38 Å². The largest absolute Gasteiger partial charge is 0.383 e. The molecule has 8 heteroatoms. The first kappa shape index (κ1) is 15.3. The highest BCUT2D eigenvalue weighted by molar-refractivity contribution is 7.09. The molecule has 0 atom stereocenters. The Morgan fingerprint density at radius 2 is 2.29 bits per heavy atom. The minimum Gasteiger partial charge on any atom is -0.383 e. The number of aromatic nitrogens is 3. The van der Waals surface area contributed by atoms with E-state index in [2.05, 4.69) is 15.0 Å². The standard InChI is InChI=1S/C13H16N4O3S/c1-9-15-7-10(12(18)16-9)13(19)17(4-5-20-2)8-11-14-3-6-21-11/h3,6-7H,4-5,8H2,1-2H3,(H,15,16,18). The fourth-order valence-corrected chi connectivity index (χ4v) is 2.39. The van der Waals surface area contributed by atoms with Gasteiger partial charge in [0.05, 0.1) is 13.2 Å². The Labute approximate surface area is 125 Å². The number of carbonyl (C=O) groups excluding carboxylic acids is 1. The molecule has 2 aromatic heterocycles. The normalized spacial score (nSPS) is 10.6. The van der Waals surface area contributed by atoms with Crippen LogP contribution in [0.4, 0.5) is 0 Å². The molecular weight excluding hydrogens is 292 g/mol. The second kappa shape index (κ2) is 7.09. The third kappa shape index (κ3) is 3.96. The Morgan fingerprint density at radius 3 is 2.90 bits per heavy atom. The van der Waals surface area contributed by atoms with Gasteiger partial charge in [-0.05, 0) is 6.92 Å². The van der Waals surface area contributed by atoms with Gasteiger partial charge in [-0.15, -0.1) is 11.3 Å². The predicted octanol–water partition coefficient (Wildman–Crippen LogP) is 0.824. The molecule has 1 N–H and O–H groups in total. The van der Waals surface area contributed by atoms with Crippen LogP contribution in [0.5, 0.6) is 0 Å². The van der Waals surface area contributed by atoms with Crippen LogP contribution in [0.1, 0.15) is 21.2 Å². The van der Waals surface area contributed by atoms with E-state index in [4.69, 9.17) is 4.74 Å². The summed E-state index contributed by atoms with van der Waals surface area (Å²) in [5, 5.41) is 2.64. The maximum absolute atomic E-state index is 12.5. The van der Waals surface area contributed by atoms with Gasteiger partial charge in [-0.25, -0.2) is 9.97 Å². The van der Waals surface area contributed by atoms with Crippen molar-refractivity contribution in [1.82, 2.24) is 19.9 Å². The van der Waals surface area contributed by atoms with Crippen molar-refractivity contribution in [2.24, 2.45) is 0 Å². The lowest BCUT2D eigenvalue weighted by molar-refractivity contribution is 0.0678. The number of rotatable bonds is 6. The topological polar surface area (TPSA) is 88.2 Å². The van der Waals surface area contributed by atoms with Gasteiger partial charge in [0, 0.05) is 31.4 Å². The Balaban J connectivity index is 2.22. The van der Waals surface area contributed by atoms with Crippen molar-refractivity contribution in [3.63, 3.8) is 0 Å². The highest BCUT2D eigenvalue weighted by Crippen LogP contribution is 2.10. The maximum Gasteiger partial charge on any atom is 0.263 e. The minimum absolute atomic E-state index is 0.0215. The molecule has 0 fully saturated rings. The third-order valence-electron chi connectivity index (χ3n) is 2.82. The molecule has 7 nitrogen and oxygen atoms in total. The van der Waals surface area contributed by atoms with E-state index >= 15 is 0 Å². The zero-order valence-electron chi connectivity index (χ0n) is 11.8. The van der Waals surface area contributed by atoms with Crippen LogP contribution in [0.3, 0.4) is 0 Å². The van der Waals surface area contributed by atoms with Crippen LogP contribution in [0.15, 0.2) is 22.6 Å². The van der Waals surface area contributed by atoms with Gasteiger partial charge in [0.25, 0.3) is 11.5 Å². The van der Waals surface area contributed by atoms with Crippen LogP contribution in [-0.2, 0) is 11.3 Å². The van der Waals surface area contributed by atoms with Crippen LogP contribution in [0.25, 0.3) is 0 Å². The number of H-pyrrole nitrogens is 1.